The molecule has 130 valence electrons. The van der Waals surface area contributed by atoms with Crippen molar-refractivity contribution in [2.75, 3.05) is 0 Å². The minimum atomic E-state index is -1.12. The van der Waals surface area contributed by atoms with E-state index in [4.69, 9.17) is 0 Å². The van der Waals surface area contributed by atoms with Gasteiger partial charge in [-0.1, -0.05) is 37.3 Å². The predicted octanol–water partition coefficient (Wildman–Crippen LogP) is 2.82. The lowest BCUT2D eigenvalue weighted by molar-refractivity contribution is -0.307. The Kier molecular flexibility index (Phi) is 4.88. The second-order valence-electron chi connectivity index (χ2n) is 6.76. The molecule has 25 heavy (non-hydrogen) atoms. The quantitative estimate of drug-likeness (QED) is 0.910. The Bertz CT molecular complexity index is 792. The molecule has 1 aliphatic carbocycles. The van der Waals surface area contributed by atoms with Crippen LogP contribution in [0.1, 0.15) is 43.2 Å². The van der Waals surface area contributed by atoms with Crippen molar-refractivity contribution in [2.45, 2.75) is 38.5 Å². The molecular weight excluding hydrogens is 316 g/mol. The van der Waals surface area contributed by atoms with Gasteiger partial charge in [-0.05, 0) is 53.6 Å². The third kappa shape index (κ3) is 3.73. The van der Waals surface area contributed by atoms with E-state index in [1.165, 1.54) is 0 Å². The first kappa shape index (κ1) is 17.2. The molecular formula is C21H21O4-. The fraction of sp³-hybridized carbons (Fsp3) is 0.333. The second kappa shape index (κ2) is 7.09. The Morgan fingerprint density at radius 3 is 2.56 bits per heavy atom. The molecule has 0 aliphatic heterocycles. The molecule has 2 atom stereocenters. The number of ketones is 1. The van der Waals surface area contributed by atoms with E-state index >= 15 is 0 Å². The van der Waals surface area contributed by atoms with Crippen LogP contribution in [0, 0.1) is 5.92 Å². The maximum atomic E-state index is 12.0. The average molecular weight is 337 g/mol. The van der Waals surface area contributed by atoms with Crippen LogP contribution in [-0.4, -0.2) is 16.9 Å². The van der Waals surface area contributed by atoms with Gasteiger partial charge in [-0.25, -0.2) is 0 Å². The van der Waals surface area contributed by atoms with Gasteiger partial charge in [-0.15, -0.1) is 0 Å². The van der Waals surface area contributed by atoms with Gasteiger partial charge in [0.1, 0.15) is 11.5 Å². The summed E-state index contributed by atoms with van der Waals surface area (Å²) in [4.78, 5) is 23.2. The van der Waals surface area contributed by atoms with E-state index in [-0.39, 0.29) is 11.7 Å². The van der Waals surface area contributed by atoms with Crippen LogP contribution in [-0.2, 0) is 16.0 Å². The van der Waals surface area contributed by atoms with Crippen LogP contribution in [0.2, 0.25) is 0 Å². The first-order valence-electron chi connectivity index (χ1n) is 8.61. The zero-order chi connectivity index (χ0) is 18.0. The number of rotatable bonds is 5. The monoisotopic (exact) mass is 337 g/mol. The molecule has 1 saturated carbocycles. The number of carbonyl (C=O) groups is 2. The second-order valence-corrected chi connectivity index (χ2v) is 6.76. The van der Waals surface area contributed by atoms with Crippen molar-refractivity contribution in [3.8, 4) is 16.9 Å². The summed E-state index contributed by atoms with van der Waals surface area (Å²) in [6, 6.07) is 12.4. The Labute approximate surface area is 147 Å². The van der Waals surface area contributed by atoms with Crippen LogP contribution in [0.5, 0.6) is 5.75 Å². The normalized spacial score (nSPS) is 18.3. The molecule has 1 N–H and O–H groups in total. The van der Waals surface area contributed by atoms with Gasteiger partial charge < -0.3 is 15.0 Å². The molecule has 0 saturated heterocycles. The van der Waals surface area contributed by atoms with Gasteiger partial charge in [0.25, 0.3) is 0 Å². The fourth-order valence-electron chi connectivity index (χ4n) is 3.46. The highest BCUT2D eigenvalue weighted by molar-refractivity contribution is 5.83. The maximum Gasteiger partial charge on any atom is 0.136 e. The fourth-order valence-corrected chi connectivity index (χ4v) is 3.46. The summed E-state index contributed by atoms with van der Waals surface area (Å²) in [5.74, 6) is -1.30. The van der Waals surface area contributed by atoms with Crippen molar-refractivity contribution in [1.82, 2.24) is 0 Å². The molecule has 4 nitrogen and oxygen atoms in total. The number of aliphatic carboxylic acids is 1. The van der Waals surface area contributed by atoms with Crippen LogP contribution < -0.4 is 5.11 Å². The molecule has 1 fully saturated rings. The third-order valence-electron chi connectivity index (χ3n) is 5.06. The van der Waals surface area contributed by atoms with Gasteiger partial charge in [-0.2, -0.15) is 0 Å². The minimum Gasteiger partial charge on any atom is -0.550 e. The molecule has 2 unspecified atom stereocenters. The van der Waals surface area contributed by atoms with Gasteiger partial charge in [0.05, 0.1) is 0 Å². The van der Waals surface area contributed by atoms with Crippen molar-refractivity contribution < 1.29 is 19.8 Å². The molecule has 1 aliphatic rings. The van der Waals surface area contributed by atoms with Crippen molar-refractivity contribution in [1.29, 1.82) is 0 Å². The summed E-state index contributed by atoms with van der Waals surface area (Å²) >= 11 is 0. The van der Waals surface area contributed by atoms with E-state index in [2.05, 4.69) is 0 Å². The number of carboxylic acids is 1. The number of hydrogen-bond donors (Lipinski definition) is 1. The van der Waals surface area contributed by atoms with Crippen LogP contribution >= 0.6 is 0 Å². The van der Waals surface area contributed by atoms with Gasteiger partial charge in [0, 0.05) is 24.2 Å². The van der Waals surface area contributed by atoms with E-state index in [0.717, 1.165) is 29.5 Å². The number of hydrogen-bond acceptors (Lipinski definition) is 4. The zero-order valence-electron chi connectivity index (χ0n) is 14.2. The van der Waals surface area contributed by atoms with Crippen molar-refractivity contribution in [2.24, 2.45) is 5.92 Å². The highest BCUT2D eigenvalue weighted by Gasteiger charge is 2.25. The summed E-state index contributed by atoms with van der Waals surface area (Å²) in [5.41, 5.74) is 3.50. The molecule has 3 rings (SSSR count). The lowest BCUT2D eigenvalue weighted by Gasteiger charge is -2.18. The molecule has 2 aromatic rings. The van der Waals surface area contributed by atoms with E-state index < -0.39 is 11.9 Å². The molecule has 0 spiro atoms. The number of carbonyl (C=O) groups excluding carboxylic acids is 2. The van der Waals surface area contributed by atoms with E-state index in [0.29, 0.717) is 24.2 Å². The largest absolute Gasteiger partial charge is 0.550 e. The topological polar surface area (TPSA) is 77.4 Å². The van der Waals surface area contributed by atoms with E-state index in [1.807, 2.05) is 12.1 Å². The molecule has 4 heteroatoms. The average Bonchev–Trinajstić information content (AvgIpc) is 3.00. The van der Waals surface area contributed by atoms with Crippen molar-refractivity contribution in [3.05, 3.63) is 53.6 Å². The Morgan fingerprint density at radius 2 is 1.96 bits per heavy atom. The van der Waals surface area contributed by atoms with E-state index in [1.54, 1.807) is 37.3 Å². The molecule has 2 aromatic carbocycles. The van der Waals surface area contributed by atoms with Crippen LogP contribution in [0.15, 0.2) is 42.5 Å². The molecule has 0 aromatic heterocycles. The summed E-state index contributed by atoms with van der Waals surface area (Å²) in [6.45, 7) is 1.60. The maximum absolute atomic E-state index is 12.0. The first-order chi connectivity index (χ1) is 12.0. The first-order valence-corrected chi connectivity index (χ1v) is 8.61. The Balaban J connectivity index is 2.02. The molecule has 0 bridgehead atoms. The lowest BCUT2D eigenvalue weighted by Crippen LogP contribution is -2.28. The van der Waals surface area contributed by atoms with Crippen molar-refractivity contribution in [3.63, 3.8) is 0 Å². The SMILES string of the molecule is CC(C(=O)[O-])c1ccc(CC2CCCC2=O)c(-c2ccc(O)cc2)c1. The molecule has 0 heterocycles. The number of carboxylic acid groups (broad SMARTS) is 1. The summed E-state index contributed by atoms with van der Waals surface area (Å²) < 4.78 is 0. The van der Waals surface area contributed by atoms with Gasteiger partial charge in [0.15, 0.2) is 0 Å². The van der Waals surface area contributed by atoms with Crippen LogP contribution in [0.25, 0.3) is 11.1 Å². The summed E-state index contributed by atoms with van der Waals surface area (Å²) in [6.07, 6.45) is 3.16. The number of phenols is 1. The number of aromatic hydroxyl groups is 1. The number of phenolic OH excluding ortho intramolecular Hbond substituents is 1. The molecule has 0 amide bonds. The lowest BCUT2D eigenvalue weighted by atomic mass is 9.88. The van der Waals surface area contributed by atoms with Gasteiger partial charge in [-0.3, -0.25) is 4.79 Å². The highest BCUT2D eigenvalue weighted by Crippen LogP contribution is 2.33. The smallest absolute Gasteiger partial charge is 0.136 e. The van der Waals surface area contributed by atoms with E-state index in [9.17, 15) is 19.8 Å². The number of benzene rings is 2. The summed E-state index contributed by atoms with van der Waals surface area (Å²) in [5, 5.41) is 20.7. The predicted molar refractivity (Wildman–Crippen MR) is 93.0 cm³/mol. The Hall–Kier alpha value is -2.62. The minimum absolute atomic E-state index is 0.0419. The summed E-state index contributed by atoms with van der Waals surface area (Å²) in [7, 11) is 0. The van der Waals surface area contributed by atoms with Gasteiger partial charge in [0.2, 0.25) is 0 Å². The number of Topliss-reactive ketones (excluding diaryl/α,β-unsaturated/α-hetero) is 1. The van der Waals surface area contributed by atoms with Crippen LogP contribution in [0.3, 0.4) is 0 Å². The molecule has 0 radical (unpaired) electrons. The third-order valence-corrected chi connectivity index (χ3v) is 5.06. The van der Waals surface area contributed by atoms with Crippen molar-refractivity contribution >= 4 is 11.8 Å². The highest BCUT2D eigenvalue weighted by atomic mass is 16.4. The Morgan fingerprint density at radius 1 is 1.24 bits per heavy atom. The standard InChI is InChI=1S/C21H22O4/c1-13(21(24)25)15-5-6-16(11-17-3-2-4-20(17)23)19(12-15)14-7-9-18(22)10-8-14/h5-10,12-13,17,22H,2-4,11H2,1H3,(H,24,25)/p-1. The van der Waals surface area contributed by atoms with Gasteiger partial charge >= 0.3 is 0 Å². The zero-order valence-corrected chi connectivity index (χ0v) is 14.2. The van der Waals surface area contributed by atoms with Crippen LogP contribution in [0.4, 0.5) is 0 Å².